The van der Waals surface area contributed by atoms with Crippen molar-refractivity contribution in [2.75, 3.05) is 13.7 Å². The van der Waals surface area contributed by atoms with E-state index in [9.17, 15) is 19.2 Å². The van der Waals surface area contributed by atoms with Crippen LogP contribution in [0.5, 0.6) is 0 Å². The Morgan fingerprint density at radius 3 is 2.32 bits per heavy atom. The minimum atomic E-state index is -0.967. The summed E-state index contributed by atoms with van der Waals surface area (Å²) in [5.41, 5.74) is -1.15. The largest absolute Gasteiger partial charge is 0.467 e. The Bertz CT molecular complexity index is 812. The Kier molecular flexibility index (Phi) is 7.53. The van der Waals surface area contributed by atoms with Crippen LogP contribution in [0.25, 0.3) is 0 Å². The molecule has 192 valence electrons. The molecule has 0 radical (unpaired) electrons. The summed E-state index contributed by atoms with van der Waals surface area (Å²) in [6, 6.07) is -1.69. The van der Waals surface area contributed by atoms with Gasteiger partial charge >= 0.3 is 12.1 Å². The van der Waals surface area contributed by atoms with E-state index in [1.54, 1.807) is 20.8 Å². The van der Waals surface area contributed by atoms with Gasteiger partial charge in [-0.05, 0) is 72.1 Å². The zero-order valence-corrected chi connectivity index (χ0v) is 21.5. The molecule has 2 aliphatic heterocycles. The molecule has 1 aliphatic carbocycles. The molecule has 0 unspecified atom stereocenters. The average molecular weight is 480 g/mol. The molecule has 3 amide bonds. The van der Waals surface area contributed by atoms with Gasteiger partial charge in [0.1, 0.15) is 17.7 Å². The quantitative estimate of drug-likeness (QED) is 0.586. The second-order valence-electron chi connectivity index (χ2n) is 12.0. The highest BCUT2D eigenvalue weighted by Gasteiger charge is 2.50. The molecule has 0 bridgehead atoms. The number of likely N-dealkylation sites (tertiary alicyclic amines) is 1. The van der Waals surface area contributed by atoms with Crippen molar-refractivity contribution in [2.45, 2.75) is 109 Å². The van der Waals surface area contributed by atoms with Gasteiger partial charge in [0, 0.05) is 18.0 Å². The summed E-state index contributed by atoms with van der Waals surface area (Å²) in [5, 5.41) is 5.73. The molecular formula is C25H41N3O6. The van der Waals surface area contributed by atoms with Crippen molar-refractivity contribution in [3.05, 3.63) is 0 Å². The van der Waals surface area contributed by atoms with Crippen LogP contribution in [0.2, 0.25) is 0 Å². The Balaban J connectivity index is 1.77. The van der Waals surface area contributed by atoms with Crippen molar-refractivity contribution in [3.63, 3.8) is 0 Å². The van der Waals surface area contributed by atoms with Crippen molar-refractivity contribution in [1.29, 1.82) is 0 Å². The van der Waals surface area contributed by atoms with Crippen LogP contribution < -0.4 is 10.6 Å². The lowest BCUT2D eigenvalue weighted by Gasteiger charge is -2.33. The molecule has 3 aliphatic rings. The van der Waals surface area contributed by atoms with Crippen LogP contribution >= 0.6 is 0 Å². The van der Waals surface area contributed by atoms with E-state index in [0.717, 1.165) is 32.1 Å². The number of nitrogens with zero attached hydrogens (tertiary/aromatic N) is 1. The normalized spacial score (nSPS) is 26.6. The standard InChI is InChI=1S/C25H41N3O6/c1-23(2,3)34-22(32)28-15-25(10-8-7-9-11-25)14-18(28)20(30)26-17(21(31)33-6)12-16-13-24(4,5)27-19(16)29/h16-18H,7-15H2,1-6H3,(H,26,30)(H,27,29)/t16-,17+,18+/m1/s1. The molecule has 0 aromatic carbocycles. The fourth-order valence-corrected chi connectivity index (χ4v) is 5.76. The van der Waals surface area contributed by atoms with E-state index >= 15 is 0 Å². The highest BCUT2D eigenvalue weighted by molar-refractivity contribution is 5.91. The van der Waals surface area contributed by atoms with E-state index in [1.165, 1.54) is 12.0 Å². The predicted octanol–water partition coefficient (Wildman–Crippen LogP) is 2.91. The van der Waals surface area contributed by atoms with Crippen molar-refractivity contribution in [1.82, 2.24) is 15.5 Å². The Morgan fingerprint density at radius 1 is 1.15 bits per heavy atom. The van der Waals surface area contributed by atoms with Gasteiger partial charge < -0.3 is 20.1 Å². The number of carbonyl (C=O) groups excluding carboxylic acids is 4. The molecule has 0 aromatic rings. The fraction of sp³-hybridized carbons (Fsp3) is 0.840. The number of methoxy groups -OCH3 is 1. The minimum absolute atomic E-state index is 0.104. The number of amides is 3. The van der Waals surface area contributed by atoms with Crippen molar-refractivity contribution in [3.8, 4) is 0 Å². The first-order valence-electron chi connectivity index (χ1n) is 12.4. The molecule has 1 saturated carbocycles. The molecule has 1 spiro atoms. The van der Waals surface area contributed by atoms with Crippen LogP contribution in [-0.2, 0) is 23.9 Å². The minimum Gasteiger partial charge on any atom is -0.467 e. The molecule has 0 aromatic heterocycles. The molecule has 3 fully saturated rings. The molecule has 2 saturated heterocycles. The van der Waals surface area contributed by atoms with Crippen LogP contribution in [0.1, 0.15) is 86.0 Å². The van der Waals surface area contributed by atoms with Crippen molar-refractivity contribution < 1.29 is 28.7 Å². The third-order valence-corrected chi connectivity index (χ3v) is 7.26. The monoisotopic (exact) mass is 479 g/mol. The third-order valence-electron chi connectivity index (χ3n) is 7.26. The molecule has 3 rings (SSSR count). The lowest BCUT2D eigenvalue weighted by molar-refractivity contribution is -0.146. The van der Waals surface area contributed by atoms with Crippen molar-refractivity contribution >= 4 is 23.9 Å². The van der Waals surface area contributed by atoms with Gasteiger partial charge in [0.25, 0.3) is 0 Å². The number of carbonyl (C=O) groups is 4. The molecule has 2 heterocycles. The predicted molar refractivity (Wildman–Crippen MR) is 126 cm³/mol. The zero-order chi connectivity index (χ0) is 25.3. The van der Waals surface area contributed by atoms with Gasteiger partial charge in [-0.1, -0.05) is 19.3 Å². The summed E-state index contributed by atoms with van der Waals surface area (Å²) in [6.07, 6.45) is 5.99. The maximum absolute atomic E-state index is 13.5. The Labute approximate surface area is 202 Å². The molecule has 9 nitrogen and oxygen atoms in total. The summed E-state index contributed by atoms with van der Waals surface area (Å²) in [5.74, 6) is -1.54. The lowest BCUT2D eigenvalue weighted by atomic mass is 9.72. The number of hydrogen-bond acceptors (Lipinski definition) is 6. The highest BCUT2D eigenvalue weighted by Crippen LogP contribution is 2.46. The summed E-state index contributed by atoms with van der Waals surface area (Å²) in [7, 11) is 1.26. The molecule has 9 heteroatoms. The third kappa shape index (κ3) is 6.21. The smallest absolute Gasteiger partial charge is 0.410 e. The van der Waals surface area contributed by atoms with Crippen molar-refractivity contribution in [2.24, 2.45) is 11.3 Å². The van der Waals surface area contributed by atoms with E-state index in [2.05, 4.69) is 10.6 Å². The van der Waals surface area contributed by atoms with Gasteiger partial charge in [0.15, 0.2) is 0 Å². The van der Waals surface area contributed by atoms with E-state index in [0.29, 0.717) is 19.4 Å². The number of hydrogen-bond donors (Lipinski definition) is 2. The molecule has 2 N–H and O–H groups in total. The van der Waals surface area contributed by atoms with Gasteiger partial charge in [0.2, 0.25) is 11.8 Å². The first kappa shape index (κ1) is 26.3. The lowest BCUT2D eigenvalue weighted by Crippen LogP contribution is -2.52. The summed E-state index contributed by atoms with van der Waals surface area (Å²) < 4.78 is 10.5. The maximum Gasteiger partial charge on any atom is 0.410 e. The summed E-state index contributed by atoms with van der Waals surface area (Å²) >= 11 is 0. The number of nitrogens with one attached hydrogen (secondary N) is 2. The van der Waals surface area contributed by atoms with Crippen LogP contribution in [0, 0.1) is 11.3 Å². The highest BCUT2D eigenvalue weighted by atomic mass is 16.6. The molecular weight excluding hydrogens is 438 g/mol. The van der Waals surface area contributed by atoms with Crippen LogP contribution in [-0.4, -0.2) is 65.7 Å². The fourth-order valence-electron chi connectivity index (χ4n) is 5.76. The van der Waals surface area contributed by atoms with Crippen LogP contribution in [0.3, 0.4) is 0 Å². The van der Waals surface area contributed by atoms with E-state index in [4.69, 9.17) is 9.47 Å². The van der Waals surface area contributed by atoms with E-state index in [1.807, 2.05) is 13.8 Å². The Hall–Kier alpha value is -2.32. The zero-order valence-electron chi connectivity index (χ0n) is 21.5. The first-order chi connectivity index (χ1) is 15.7. The van der Waals surface area contributed by atoms with Gasteiger partial charge in [-0.2, -0.15) is 0 Å². The second kappa shape index (κ2) is 9.74. The maximum atomic E-state index is 13.5. The van der Waals surface area contributed by atoms with Gasteiger partial charge in [-0.3, -0.25) is 14.5 Å². The SMILES string of the molecule is COC(=O)[C@H](C[C@@H]1CC(C)(C)NC1=O)NC(=O)[C@@H]1CC2(CCCCC2)CN1C(=O)OC(C)(C)C. The topological polar surface area (TPSA) is 114 Å². The number of ether oxygens (including phenoxy) is 2. The van der Waals surface area contributed by atoms with Crippen LogP contribution in [0.15, 0.2) is 0 Å². The van der Waals surface area contributed by atoms with Gasteiger partial charge in [-0.25, -0.2) is 9.59 Å². The molecule has 34 heavy (non-hydrogen) atoms. The van der Waals surface area contributed by atoms with E-state index < -0.39 is 41.6 Å². The van der Waals surface area contributed by atoms with E-state index in [-0.39, 0.29) is 23.3 Å². The Morgan fingerprint density at radius 2 is 1.79 bits per heavy atom. The average Bonchev–Trinajstić information content (AvgIpc) is 3.22. The second-order valence-corrected chi connectivity index (χ2v) is 12.0. The number of esters is 1. The van der Waals surface area contributed by atoms with Gasteiger partial charge in [-0.15, -0.1) is 0 Å². The van der Waals surface area contributed by atoms with Crippen LogP contribution in [0.4, 0.5) is 4.79 Å². The number of rotatable bonds is 5. The summed E-state index contributed by atoms with van der Waals surface area (Å²) in [6.45, 7) is 9.73. The van der Waals surface area contributed by atoms with Gasteiger partial charge in [0.05, 0.1) is 7.11 Å². The summed E-state index contributed by atoms with van der Waals surface area (Å²) in [4.78, 5) is 53.0. The first-order valence-corrected chi connectivity index (χ1v) is 12.4. The molecule has 3 atom stereocenters.